The molecule has 0 aliphatic carbocycles. The van der Waals surface area contributed by atoms with Gasteiger partial charge in [0.25, 0.3) is 5.91 Å². The van der Waals surface area contributed by atoms with E-state index in [-0.39, 0.29) is 11.7 Å². The van der Waals surface area contributed by atoms with Gasteiger partial charge in [-0.05, 0) is 50.2 Å². The molecule has 0 saturated carbocycles. The first-order valence-electron chi connectivity index (χ1n) is 8.16. The Hall–Kier alpha value is -2.93. The van der Waals surface area contributed by atoms with Gasteiger partial charge < -0.3 is 5.32 Å². The fourth-order valence-corrected chi connectivity index (χ4v) is 3.21. The Labute approximate surface area is 152 Å². The van der Waals surface area contributed by atoms with Crippen LogP contribution in [0, 0.1) is 6.92 Å². The Morgan fingerprint density at radius 2 is 1.69 bits per heavy atom. The summed E-state index contributed by atoms with van der Waals surface area (Å²) in [6.45, 7) is 3.41. The molecule has 0 spiro atoms. The minimum Gasteiger partial charge on any atom is -0.322 e. The molecular formula is C19H19N3O3S. The van der Waals surface area contributed by atoms with Gasteiger partial charge in [-0.25, -0.2) is 8.42 Å². The zero-order chi connectivity index (χ0) is 18.7. The van der Waals surface area contributed by atoms with Crippen LogP contribution in [0.4, 0.5) is 11.4 Å². The van der Waals surface area contributed by atoms with E-state index in [0.29, 0.717) is 16.9 Å². The van der Waals surface area contributed by atoms with E-state index in [1.54, 1.807) is 37.3 Å². The van der Waals surface area contributed by atoms with E-state index in [1.807, 2.05) is 31.2 Å². The van der Waals surface area contributed by atoms with Gasteiger partial charge >= 0.3 is 0 Å². The van der Waals surface area contributed by atoms with Crippen molar-refractivity contribution in [3.05, 3.63) is 65.9 Å². The molecular weight excluding hydrogens is 350 g/mol. The fourth-order valence-electron chi connectivity index (χ4n) is 2.57. The number of para-hydroxylation sites is 1. The molecule has 1 aromatic heterocycles. The molecule has 6 nitrogen and oxygen atoms in total. The highest BCUT2D eigenvalue weighted by Crippen LogP contribution is 2.21. The molecule has 0 fully saturated rings. The lowest BCUT2D eigenvalue weighted by atomic mass is 10.1. The number of rotatable bonds is 5. The smallest absolute Gasteiger partial charge is 0.256 e. The van der Waals surface area contributed by atoms with E-state index in [9.17, 15) is 13.2 Å². The van der Waals surface area contributed by atoms with Gasteiger partial charge in [0, 0.05) is 22.5 Å². The van der Waals surface area contributed by atoms with E-state index in [2.05, 4.69) is 15.0 Å². The Bertz CT molecular complexity index is 1060. The molecule has 0 aliphatic rings. The lowest BCUT2D eigenvalue weighted by molar-refractivity contribution is 0.102. The molecule has 3 aromatic rings. The molecule has 0 saturated heterocycles. The first-order chi connectivity index (χ1) is 12.4. The Morgan fingerprint density at radius 3 is 2.38 bits per heavy atom. The zero-order valence-corrected chi connectivity index (χ0v) is 15.3. The Balaban J connectivity index is 1.83. The summed E-state index contributed by atoms with van der Waals surface area (Å²) in [6.07, 6.45) is 0. The number of nitrogens with one attached hydrogen (secondary N) is 2. The van der Waals surface area contributed by atoms with Crippen LogP contribution in [0.1, 0.15) is 23.0 Å². The van der Waals surface area contributed by atoms with Crippen LogP contribution in [0.25, 0.3) is 10.9 Å². The van der Waals surface area contributed by atoms with Gasteiger partial charge in [0.1, 0.15) is 0 Å². The monoisotopic (exact) mass is 369 g/mol. The third-order valence-corrected chi connectivity index (χ3v) is 5.19. The summed E-state index contributed by atoms with van der Waals surface area (Å²) in [5, 5.41) is 3.62. The first kappa shape index (κ1) is 17.9. The van der Waals surface area contributed by atoms with Crippen molar-refractivity contribution in [2.75, 3.05) is 15.8 Å². The minimum atomic E-state index is -3.32. The Kier molecular flexibility index (Phi) is 4.90. The lowest BCUT2D eigenvalue weighted by Gasteiger charge is -2.10. The van der Waals surface area contributed by atoms with Crippen molar-refractivity contribution < 1.29 is 13.2 Å². The summed E-state index contributed by atoms with van der Waals surface area (Å²) in [7, 11) is -3.32. The van der Waals surface area contributed by atoms with Crippen molar-refractivity contribution in [1.29, 1.82) is 0 Å². The number of aryl methyl sites for hydroxylation is 1. The molecule has 3 rings (SSSR count). The summed E-state index contributed by atoms with van der Waals surface area (Å²) >= 11 is 0. The number of hydrogen-bond donors (Lipinski definition) is 2. The second-order valence-corrected chi connectivity index (χ2v) is 7.88. The van der Waals surface area contributed by atoms with Gasteiger partial charge in [0.05, 0.1) is 16.8 Å². The molecule has 0 radical (unpaired) electrons. The highest BCUT2D eigenvalue weighted by atomic mass is 32.2. The van der Waals surface area contributed by atoms with Gasteiger partial charge in [0.2, 0.25) is 10.0 Å². The van der Waals surface area contributed by atoms with Crippen molar-refractivity contribution in [2.45, 2.75) is 13.8 Å². The van der Waals surface area contributed by atoms with E-state index in [1.165, 1.54) is 0 Å². The molecule has 0 unspecified atom stereocenters. The number of benzene rings is 2. The highest BCUT2D eigenvalue weighted by molar-refractivity contribution is 7.92. The molecule has 2 N–H and O–H groups in total. The van der Waals surface area contributed by atoms with Crippen LogP contribution in [0.15, 0.2) is 54.6 Å². The molecule has 0 bridgehead atoms. The predicted octanol–water partition coefficient (Wildman–Crippen LogP) is 3.56. The lowest BCUT2D eigenvalue weighted by Crippen LogP contribution is -2.15. The quantitative estimate of drug-likeness (QED) is 0.720. The maximum Gasteiger partial charge on any atom is 0.256 e. The average molecular weight is 369 g/mol. The number of fused-ring (bicyclic) bond motifs is 1. The average Bonchev–Trinajstić information content (AvgIpc) is 2.62. The van der Waals surface area contributed by atoms with Gasteiger partial charge in [-0.3, -0.25) is 14.5 Å². The summed E-state index contributed by atoms with van der Waals surface area (Å²) < 4.78 is 25.6. The summed E-state index contributed by atoms with van der Waals surface area (Å²) in [5.41, 5.74) is 3.10. The van der Waals surface area contributed by atoms with Gasteiger partial charge in [0.15, 0.2) is 0 Å². The van der Waals surface area contributed by atoms with Crippen LogP contribution in [-0.4, -0.2) is 25.1 Å². The van der Waals surface area contributed by atoms with Crippen LogP contribution in [0.3, 0.4) is 0 Å². The summed E-state index contributed by atoms with van der Waals surface area (Å²) in [6, 6.07) is 15.8. The maximum absolute atomic E-state index is 12.7. The first-order valence-corrected chi connectivity index (χ1v) is 9.81. The number of carbonyl (C=O) groups is 1. The topological polar surface area (TPSA) is 88.2 Å². The van der Waals surface area contributed by atoms with Gasteiger partial charge in [-0.15, -0.1) is 0 Å². The molecule has 2 aromatic carbocycles. The van der Waals surface area contributed by atoms with E-state index in [4.69, 9.17) is 0 Å². The van der Waals surface area contributed by atoms with Crippen LogP contribution >= 0.6 is 0 Å². The molecule has 7 heteroatoms. The number of aromatic nitrogens is 1. The standard InChI is InChI=1S/C19H19N3O3S/c1-3-26(24,25)22-15-10-8-14(9-11-15)21-19(23)17-12-13(2)20-18-7-5-4-6-16(17)18/h4-12,22H,3H2,1-2H3,(H,21,23). The SMILES string of the molecule is CCS(=O)(=O)Nc1ccc(NC(=O)c2cc(C)nc3ccccc23)cc1. The summed E-state index contributed by atoms with van der Waals surface area (Å²) in [4.78, 5) is 17.1. The maximum atomic E-state index is 12.7. The fraction of sp³-hybridized carbons (Fsp3) is 0.158. The second-order valence-electron chi connectivity index (χ2n) is 5.87. The number of hydrogen-bond acceptors (Lipinski definition) is 4. The number of sulfonamides is 1. The van der Waals surface area contributed by atoms with Crippen molar-refractivity contribution in [3.8, 4) is 0 Å². The van der Waals surface area contributed by atoms with Crippen LogP contribution in [0.5, 0.6) is 0 Å². The third kappa shape index (κ3) is 4.00. The van der Waals surface area contributed by atoms with Crippen molar-refractivity contribution in [3.63, 3.8) is 0 Å². The van der Waals surface area contributed by atoms with Crippen LogP contribution in [-0.2, 0) is 10.0 Å². The van der Waals surface area contributed by atoms with Crippen molar-refractivity contribution in [2.24, 2.45) is 0 Å². The predicted molar refractivity (Wildman–Crippen MR) is 104 cm³/mol. The van der Waals surface area contributed by atoms with E-state index in [0.717, 1.165) is 16.6 Å². The molecule has 134 valence electrons. The zero-order valence-electron chi connectivity index (χ0n) is 14.5. The number of nitrogens with zero attached hydrogens (tertiary/aromatic N) is 1. The highest BCUT2D eigenvalue weighted by Gasteiger charge is 2.12. The second kappa shape index (κ2) is 7.13. The molecule has 1 heterocycles. The van der Waals surface area contributed by atoms with E-state index >= 15 is 0 Å². The van der Waals surface area contributed by atoms with Gasteiger partial charge in [-0.1, -0.05) is 18.2 Å². The third-order valence-electron chi connectivity index (χ3n) is 3.89. The molecule has 1 amide bonds. The van der Waals surface area contributed by atoms with Crippen LogP contribution in [0.2, 0.25) is 0 Å². The van der Waals surface area contributed by atoms with Crippen molar-refractivity contribution in [1.82, 2.24) is 4.98 Å². The minimum absolute atomic E-state index is 0.0000443. The number of anilines is 2. The molecule has 0 atom stereocenters. The largest absolute Gasteiger partial charge is 0.322 e. The molecule has 26 heavy (non-hydrogen) atoms. The van der Waals surface area contributed by atoms with Gasteiger partial charge in [-0.2, -0.15) is 0 Å². The molecule has 0 aliphatic heterocycles. The Morgan fingerprint density at radius 1 is 1.04 bits per heavy atom. The van der Waals surface area contributed by atoms with E-state index < -0.39 is 10.0 Å². The number of pyridine rings is 1. The van der Waals surface area contributed by atoms with Crippen LogP contribution < -0.4 is 10.0 Å². The van der Waals surface area contributed by atoms with Crippen molar-refractivity contribution >= 4 is 38.2 Å². The number of amides is 1. The number of carbonyl (C=O) groups excluding carboxylic acids is 1. The normalized spacial score (nSPS) is 11.3. The summed E-state index contributed by atoms with van der Waals surface area (Å²) in [5.74, 6) is -0.242.